The van der Waals surface area contributed by atoms with Gasteiger partial charge in [0, 0.05) is 18.8 Å². The molecule has 0 bridgehead atoms. The molecule has 0 spiro atoms. The zero-order chi connectivity index (χ0) is 11.7. The van der Waals surface area contributed by atoms with E-state index in [1.807, 2.05) is 31.4 Å². The van der Waals surface area contributed by atoms with Crippen LogP contribution in [-0.2, 0) is 7.05 Å². The van der Waals surface area contributed by atoms with Crippen LogP contribution in [0.2, 0.25) is 0 Å². The zero-order valence-electron chi connectivity index (χ0n) is 9.07. The summed E-state index contributed by atoms with van der Waals surface area (Å²) in [6.45, 7) is 0. The van der Waals surface area contributed by atoms with Crippen molar-refractivity contribution in [2.24, 2.45) is 7.05 Å². The lowest BCUT2D eigenvalue weighted by Gasteiger charge is -2.05. The molecule has 0 radical (unpaired) electrons. The van der Waals surface area contributed by atoms with E-state index < -0.39 is 0 Å². The van der Waals surface area contributed by atoms with Crippen LogP contribution in [-0.4, -0.2) is 16.9 Å². The third-order valence-electron chi connectivity index (χ3n) is 2.32. The molecule has 0 aliphatic heterocycles. The van der Waals surface area contributed by atoms with Crippen molar-refractivity contribution < 1.29 is 4.74 Å². The highest BCUT2D eigenvalue weighted by molar-refractivity contribution is 9.10. The predicted octanol–water partition coefficient (Wildman–Crippen LogP) is 2.44. The Labute approximate surface area is 102 Å². The van der Waals surface area contributed by atoms with Crippen LogP contribution < -0.4 is 10.5 Å². The van der Waals surface area contributed by atoms with E-state index >= 15 is 0 Å². The first-order chi connectivity index (χ1) is 7.61. The highest BCUT2D eigenvalue weighted by Crippen LogP contribution is 2.32. The molecule has 1 aromatic heterocycles. The van der Waals surface area contributed by atoms with Crippen LogP contribution in [0.1, 0.15) is 0 Å². The van der Waals surface area contributed by atoms with Gasteiger partial charge in [0.15, 0.2) is 5.82 Å². The molecular weight excluding hydrogens is 270 g/mol. The van der Waals surface area contributed by atoms with Crippen LogP contribution >= 0.6 is 15.9 Å². The van der Waals surface area contributed by atoms with E-state index in [4.69, 9.17) is 10.5 Å². The average molecular weight is 282 g/mol. The maximum Gasteiger partial charge on any atom is 0.153 e. The fraction of sp³-hybridized carbons (Fsp3) is 0.182. The number of rotatable bonds is 2. The molecule has 0 amide bonds. The van der Waals surface area contributed by atoms with Gasteiger partial charge in [-0.25, -0.2) is 0 Å². The zero-order valence-corrected chi connectivity index (χ0v) is 10.7. The van der Waals surface area contributed by atoms with Crippen molar-refractivity contribution in [1.29, 1.82) is 0 Å². The van der Waals surface area contributed by atoms with Crippen molar-refractivity contribution >= 4 is 21.7 Å². The number of nitrogens with zero attached hydrogens (tertiary/aromatic N) is 2. The predicted molar refractivity (Wildman–Crippen MR) is 67.3 cm³/mol. The molecule has 1 heterocycles. The molecule has 0 saturated heterocycles. The van der Waals surface area contributed by atoms with Crippen LogP contribution in [0, 0.1) is 0 Å². The molecule has 16 heavy (non-hydrogen) atoms. The largest absolute Gasteiger partial charge is 0.496 e. The number of ether oxygens (including phenoxy) is 1. The number of nitrogen functional groups attached to an aromatic ring is 1. The van der Waals surface area contributed by atoms with Crippen molar-refractivity contribution in [3.8, 4) is 16.9 Å². The van der Waals surface area contributed by atoms with Crippen molar-refractivity contribution in [1.82, 2.24) is 9.78 Å². The molecule has 2 rings (SSSR count). The van der Waals surface area contributed by atoms with E-state index in [1.165, 1.54) is 0 Å². The number of hydrogen-bond acceptors (Lipinski definition) is 3. The smallest absolute Gasteiger partial charge is 0.153 e. The molecular formula is C11H12BrN3O. The molecule has 0 atom stereocenters. The minimum atomic E-state index is 0.527. The van der Waals surface area contributed by atoms with Gasteiger partial charge in [0.25, 0.3) is 0 Å². The van der Waals surface area contributed by atoms with Gasteiger partial charge in [-0.2, -0.15) is 5.10 Å². The van der Waals surface area contributed by atoms with Crippen LogP contribution in [0.5, 0.6) is 5.75 Å². The van der Waals surface area contributed by atoms with Gasteiger partial charge >= 0.3 is 0 Å². The number of benzene rings is 1. The fourth-order valence-corrected chi connectivity index (χ4v) is 2.10. The van der Waals surface area contributed by atoms with Crippen LogP contribution in [0.25, 0.3) is 11.1 Å². The number of aromatic nitrogens is 2. The Kier molecular flexibility index (Phi) is 2.87. The molecule has 84 valence electrons. The van der Waals surface area contributed by atoms with Gasteiger partial charge in [-0.05, 0) is 33.6 Å². The van der Waals surface area contributed by atoms with E-state index in [9.17, 15) is 0 Å². The van der Waals surface area contributed by atoms with E-state index in [0.717, 1.165) is 21.3 Å². The summed E-state index contributed by atoms with van der Waals surface area (Å²) in [5, 5.41) is 4.11. The van der Waals surface area contributed by atoms with Crippen molar-refractivity contribution in [2.45, 2.75) is 0 Å². The number of aryl methyl sites for hydroxylation is 1. The summed E-state index contributed by atoms with van der Waals surface area (Å²) >= 11 is 3.44. The molecule has 0 aliphatic rings. The fourth-order valence-electron chi connectivity index (χ4n) is 1.56. The van der Waals surface area contributed by atoms with Crippen molar-refractivity contribution in [3.05, 3.63) is 28.9 Å². The van der Waals surface area contributed by atoms with Crippen LogP contribution in [0.15, 0.2) is 28.9 Å². The monoisotopic (exact) mass is 281 g/mol. The lowest BCUT2D eigenvalue weighted by atomic mass is 10.1. The maximum absolute atomic E-state index is 5.82. The Bertz CT molecular complexity index is 522. The number of methoxy groups -OCH3 is 1. The van der Waals surface area contributed by atoms with Gasteiger partial charge in [0.05, 0.1) is 11.6 Å². The summed E-state index contributed by atoms with van der Waals surface area (Å²) in [7, 11) is 3.48. The SMILES string of the molecule is COc1ccc(-c2cn(C)nc2N)cc1Br. The molecule has 0 unspecified atom stereocenters. The second-order valence-electron chi connectivity index (χ2n) is 3.45. The average Bonchev–Trinajstić information content (AvgIpc) is 2.58. The molecule has 2 aromatic rings. The summed E-state index contributed by atoms with van der Waals surface area (Å²) in [6, 6.07) is 5.81. The van der Waals surface area contributed by atoms with Gasteiger partial charge in [-0.1, -0.05) is 6.07 Å². The number of halogens is 1. The normalized spacial score (nSPS) is 10.4. The van der Waals surface area contributed by atoms with Crippen LogP contribution in [0.3, 0.4) is 0 Å². The summed E-state index contributed by atoms with van der Waals surface area (Å²) in [5.41, 5.74) is 7.75. The Morgan fingerprint density at radius 3 is 2.69 bits per heavy atom. The first-order valence-electron chi connectivity index (χ1n) is 4.75. The van der Waals surface area contributed by atoms with E-state index in [-0.39, 0.29) is 0 Å². The lowest BCUT2D eigenvalue weighted by Crippen LogP contribution is -1.91. The summed E-state index contributed by atoms with van der Waals surface area (Å²) in [5.74, 6) is 1.32. The van der Waals surface area contributed by atoms with E-state index in [1.54, 1.807) is 11.8 Å². The first kappa shape index (κ1) is 11.0. The quantitative estimate of drug-likeness (QED) is 0.920. The Balaban J connectivity index is 2.49. The topological polar surface area (TPSA) is 53.1 Å². The number of nitrogens with two attached hydrogens (primary N) is 1. The number of hydrogen-bond donors (Lipinski definition) is 1. The minimum Gasteiger partial charge on any atom is -0.496 e. The second-order valence-corrected chi connectivity index (χ2v) is 4.31. The third kappa shape index (κ3) is 1.90. The third-order valence-corrected chi connectivity index (χ3v) is 2.94. The molecule has 4 nitrogen and oxygen atoms in total. The molecule has 0 fully saturated rings. The molecule has 1 aromatic carbocycles. The lowest BCUT2D eigenvalue weighted by molar-refractivity contribution is 0.412. The maximum atomic E-state index is 5.82. The highest BCUT2D eigenvalue weighted by atomic mass is 79.9. The summed E-state index contributed by atoms with van der Waals surface area (Å²) in [4.78, 5) is 0. The first-order valence-corrected chi connectivity index (χ1v) is 5.54. The second kappa shape index (κ2) is 4.17. The Morgan fingerprint density at radius 2 is 2.19 bits per heavy atom. The van der Waals surface area contributed by atoms with E-state index in [0.29, 0.717) is 5.82 Å². The highest BCUT2D eigenvalue weighted by Gasteiger charge is 2.09. The summed E-state index contributed by atoms with van der Waals surface area (Å²) in [6.07, 6.45) is 1.89. The minimum absolute atomic E-state index is 0.527. The van der Waals surface area contributed by atoms with E-state index in [2.05, 4.69) is 21.0 Å². The molecule has 5 heteroatoms. The van der Waals surface area contributed by atoms with Gasteiger partial charge < -0.3 is 10.5 Å². The van der Waals surface area contributed by atoms with Crippen molar-refractivity contribution in [2.75, 3.05) is 12.8 Å². The van der Waals surface area contributed by atoms with Gasteiger partial charge in [0.2, 0.25) is 0 Å². The van der Waals surface area contributed by atoms with Gasteiger partial charge in [-0.3, -0.25) is 4.68 Å². The number of anilines is 1. The van der Waals surface area contributed by atoms with Crippen molar-refractivity contribution in [3.63, 3.8) is 0 Å². The van der Waals surface area contributed by atoms with Gasteiger partial charge in [-0.15, -0.1) is 0 Å². The molecule has 0 saturated carbocycles. The molecule has 2 N–H and O–H groups in total. The van der Waals surface area contributed by atoms with Crippen LogP contribution in [0.4, 0.5) is 5.82 Å². The Hall–Kier alpha value is -1.49. The summed E-state index contributed by atoms with van der Waals surface area (Å²) < 4.78 is 7.77. The Morgan fingerprint density at radius 1 is 1.44 bits per heavy atom. The van der Waals surface area contributed by atoms with Gasteiger partial charge in [0.1, 0.15) is 5.75 Å². The molecule has 0 aliphatic carbocycles. The standard InChI is InChI=1S/C11H12BrN3O/c1-15-6-8(11(13)14-15)7-3-4-10(16-2)9(12)5-7/h3-6H,1-2H3,(H2,13,14).